The average molecular weight is 340 g/mol. The first-order valence-corrected chi connectivity index (χ1v) is 8.00. The number of anilines is 3. The van der Waals surface area contributed by atoms with Gasteiger partial charge < -0.3 is 10.6 Å². The summed E-state index contributed by atoms with van der Waals surface area (Å²) in [5.41, 5.74) is 3.83. The number of benzene rings is 1. The van der Waals surface area contributed by atoms with Crippen molar-refractivity contribution in [3.8, 4) is 0 Å². The van der Waals surface area contributed by atoms with Crippen molar-refractivity contribution in [2.75, 3.05) is 10.6 Å². The Labute approximate surface area is 146 Å². The van der Waals surface area contributed by atoms with Crippen LogP contribution >= 0.6 is 11.6 Å². The monoisotopic (exact) mass is 339 g/mol. The van der Waals surface area contributed by atoms with Gasteiger partial charge >= 0.3 is 0 Å². The number of nitrogens with one attached hydrogen (secondary N) is 2. The molecule has 5 nitrogen and oxygen atoms in total. The molecular weight excluding hydrogens is 322 g/mol. The lowest BCUT2D eigenvalue weighted by atomic mass is 10.2. The molecule has 0 bridgehead atoms. The molecule has 0 saturated carbocycles. The number of hydrogen-bond acceptors (Lipinski definition) is 5. The van der Waals surface area contributed by atoms with Gasteiger partial charge in [-0.15, -0.1) is 0 Å². The lowest BCUT2D eigenvalue weighted by Crippen LogP contribution is -2.06. The molecule has 2 N–H and O–H groups in total. The second-order valence-electron chi connectivity index (χ2n) is 5.47. The molecule has 2 aromatic heterocycles. The molecule has 3 rings (SSSR count). The van der Waals surface area contributed by atoms with E-state index in [1.54, 1.807) is 6.20 Å². The van der Waals surface area contributed by atoms with Gasteiger partial charge in [0.05, 0.1) is 0 Å². The highest BCUT2D eigenvalue weighted by atomic mass is 35.5. The molecule has 3 aromatic rings. The summed E-state index contributed by atoms with van der Waals surface area (Å²) in [5.74, 6) is 1.29. The summed E-state index contributed by atoms with van der Waals surface area (Å²) in [5, 5.41) is 7.24. The molecule has 0 radical (unpaired) electrons. The summed E-state index contributed by atoms with van der Waals surface area (Å²) >= 11 is 6.16. The first-order chi connectivity index (χ1) is 11.6. The molecule has 122 valence electrons. The molecule has 1 aromatic carbocycles. The quantitative estimate of drug-likeness (QED) is 0.716. The number of hydrogen-bond donors (Lipinski definition) is 2. The van der Waals surface area contributed by atoms with E-state index in [1.807, 2.05) is 56.4 Å². The van der Waals surface area contributed by atoms with Crippen LogP contribution in [0.1, 0.15) is 16.8 Å². The van der Waals surface area contributed by atoms with Crippen LogP contribution < -0.4 is 10.6 Å². The molecule has 0 fully saturated rings. The fourth-order valence-corrected chi connectivity index (χ4v) is 2.45. The maximum Gasteiger partial charge on any atom is 0.229 e. The van der Waals surface area contributed by atoms with E-state index in [1.165, 1.54) is 0 Å². The first-order valence-electron chi connectivity index (χ1n) is 7.62. The van der Waals surface area contributed by atoms with Crippen molar-refractivity contribution in [1.82, 2.24) is 15.0 Å². The van der Waals surface area contributed by atoms with Crippen LogP contribution in [0.25, 0.3) is 0 Å². The molecule has 24 heavy (non-hydrogen) atoms. The van der Waals surface area contributed by atoms with E-state index < -0.39 is 0 Å². The molecule has 2 heterocycles. The summed E-state index contributed by atoms with van der Waals surface area (Å²) in [7, 11) is 0. The largest absolute Gasteiger partial charge is 0.366 e. The molecule has 0 aliphatic heterocycles. The Bertz CT molecular complexity index is 836. The van der Waals surface area contributed by atoms with Crippen LogP contribution in [0.3, 0.4) is 0 Å². The molecular formula is C18H18ClN5. The number of pyridine rings is 1. The third kappa shape index (κ3) is 4.00. The third-order valence-electron chi connectivity index (χ3n) is 3.56. The predicted molar refractivity (Wildman–Crippen MR) is 97.8 cm³/mol. The molecule has 0 saturated heterocycles. The van der Waals surface area contributed by atoms with Crippen LogP contribution in [0.2, 0.25) is 5.02 Å². The van der Waals surface area contributed by atoms with Crippen LogP contribution in [0.5, 0.6) is 0 Å². The van der Waals surface area contributed by atoms with Crippen molar-refractivity contribution < 1.29 is 0 Å². The number of nitrogens with zero attached hydrogens (tertiary/aromatic N) is 3. The predicted octanol–water partition coefficient (Wildman–Crippen LogP) is 4.50. The van der Waals surface area contributed by atoms with Gasteiger partial charge in [0.2, 0.25) is 5.95 Å². The van der Waals surface area contributed by atoms with Crippen molar-refractivity contribution in [2.45, 2.75) is 20.4 Å². The van der Waals surface area contributed by atoms with Gasteiger partial charge in [0.1, 0.15) is 5.82 Å². The van der Waals surface area contributed by atoms with E-state index in [2.05, 4.69) is 25.6 Å². The van der Waals surface area contributed by atoms with E-state index in [0.29, 0.717) is 17.5 Å². The second kappa shape index (κ2) is 7.27. The Morgan fingerprint density at radius 1 is 1.08 bits per heavy atom. The van der Waals surface area contributed by atoms with E-state index in [4.69, 9.17) is 11.6 Å². The fourth-order valence-electron chi connectivity index (χ4n) is 2.27. The minimum absolute atomic E-state index is 0.536. The fraction of sp³-hybridized carbons (Fsp3) is 0.167. The minimum atomic E-state index is 0.536. The maximum atomic E-state index is 6.16. The smallest absolute Gasteiger partial charge is 0.229 e. The van der Waals surface area contributed by atoms with Crippen LogP contribution in [0, 0.1) is 13.8 Å². The topological polar surface area (TPSA) is 62.7 Å². The van der Waals surface area contributed by atoms with Gasteiger partial charge in [0, 0.05) is 41.4 Å². The molecule has 0 aliphatic carbocycles. The SMILES string of the molecule is Cc1cc(NCc2cccnc2)nc(Nc2cccc(Cl)c2C)n1. The Morgan fingerprint density at radius 3 is 2.75 bits per heavy atom. The summed E-state index contributed by atoms with van der Waals surface area (Å²) < 4.78 is 0. The lowest BCUT2D eigenvalue weighted by Gasteiger charge is -2.12. The Balaban J connectivity index is 1.77. The van der Waals surface area contributed by atoms with Gasteiger partial charge in [0.15, 0.2) is 0 Å². The van der Waals surface area contributed by atoms with Crippen LogP contribution in [-0.4, -0.2) is 15.0 Å². The highest BCUT2D eigenvalue weighted by Crippen LogP contribution is 2.25. The highest BCUT2D eigenvalue weighted by Gasteiger charge is 2.06. The zero-order valence-corrected chi connectivity index (χ0v) is 14.3. The zero-order valence-electron chi connectivity index (χ0n) is 13.5. The third-order valence-corrected chi connectivity index (χ3v) is 3.97. The molecule has 0 spiro atoms. The van der Waals surface area contributed by atoms with Crippen molar-refractivity contribution >= 4 is 29.1 Å². The summed E-state index contributed by atoms with van der Waals surface area (Å²) in [4.78, 5) is 13.1. The van der Waals surface area contributed by atoms with Crippen LogP contribution in [0.15, 0.2) is 48.8 Å². The second-order valence-corrected chi connectivity index (χ2v) is 5.88. The van der Waals surface area contributed by atoms with E-state index >= 15 is 0 Å². The van der Waals surface area contributed by atoms with Gasteiger partial charge in [-0.05, 0) is 43.2 Å². The van der Waals surface area contributed by atoms with Crippen LogP contribution in [-0.2, 0) is 6.54 Å². The van der Waals surface area contributed by atoms with Crippen molar-refractivity contribution in [1.29, 1.82) is 0 Å². The van der Waals surface area contributed by atoms with Gasteiger partial charge in [-0.2, -0.15) is 4.98 Å². The summed E-state index contributed by atoms with van der Waals surface area (Å²) in [6, 6.07) is 11.6. The van der Waals surface area contributed by atoms with Gasteiger partial charge in [0.25, 0.3) is 0 Å². The number of halogens is 1. The summed E-state index contributed by atoms with van der Waals surface area (Å²) in [6.45, 7) is 4.55. The highest BCUT2D eigenvalue weighted by molar-refractivity contribution is 6.31. The maximum absolute atomic E-state index is 6.16. The number of aryl methyl sites for hydroxylation is 1. The van der Waals surface area contributed by atoms with E-state index in [0.717, 1.165) is 28.3 Å². The molecule has 0 atom stereocenters. The average Bonchev–Trinajstić information content (AvgIpc) is 2.58. The van der Waals surface area contributed by atoms with E-state index in [-0.39, 0.29) is 0 Å². The first kappa shape index (κ1) is 16.2. The zero-order chi connectivity index (χ0) is 16.9. The molecule has 6 heteroatoms. The Kier molecular flexibility index (Phi) is 4.91. The van der Waals surface area contributed by atoms with Gasteiger partial charge in [-0.3, -0.25) is 4.98 Å². The standard InChI is InChI=1S/C18H18ClN5/c1-12-9-17(21-11-14-5-4-8-20-10-14)24-18(22-12)23-16-7-3-6-15(19)13(16)2/h3-10H,11H2,1-2H3,(H2,21,22,23,24). The number of rotatable bonds is 5. The van der Waals surface area contributed by atoms with Crippen molar-refractivity contribution in [2.24, 2.45) is 0 Å². The van der Waals surface area contributed by atoms with Crippen molar-refractivity contribution in [3.05, 3.63) is 70.6 Å². The van der Waals surface area contributed by atoms with Crippen LogP contribution in [0.4, 0.5) is 17.5 Å². The van der Waals surface area contributed by atoms with E-state index in [9.17, 15) is 0 Å². The molecule has 0 amide bonds. The minimum Gasteiger partial charge on any atom is -0.366 e. The Hall–Kier alpha value is -2.66. The molecule has 0 unspecified atom stereocenters. The van der Waals surface area contributed by atoms with Gasteiger partial charge in [-0.25, -0.2) is 4.98 Å². The lowest BCUT2D eigenvalue weighted by molar-refractivity contribution is 1.05. The van der Waals surface area contributed by atoms with Crippen molar-refractivity contribution in [3.63, 3.8) is 0 Å². The number of aromatic nitrogens is 3. The van der Waals surface area contributed by atoms with Gasteiger partial charge in [-0.1, -0.05) is 23.7 Å². The Morgan fingerprint density at radius 2 is 1.96 bits per heavy atom. The molecule has 0 aliphatic rings. The normalized spacial score (nSPS) is 10.5. The summed E-state index contributed by atoms with van der Waals surface area (Å²) in [6.07, 6.45) is 3.59.